The highest BCUT2D eigenvalue weighted by Crippen LogP contribution is 2.25. The highest BCUT2D eigenvalue weighted by Gasteiger charge is 2.18. The molecule has 7 heteroatoms. The molecule has 1 aromatic heterocycles. The molecule has 0 aliphatic rings. The Bertz CT molecular complexity index is 942. The maximum absolute atomic E-state index is 13.9. The van der Waals surface area contributed by atoms with Gasteiger partial charge >= 0.3 is 5.97 Å². The van der Waals surface area contributed by atoms with Gasteiger partial charge in [-0.1, -0.05) is 40.4 Å². The average molecular weight is 323 g/mol. The normalized spacial score (nSPS) is 9.88. The Hall–Kier alpha value is -3.66. The van der Waals surface area contributed by atoms with Crippen LogP contribution in [-0.2, 0) is 0 Å². The van der Waals surface area contributed by atoms with Gasteiger partial charge in [0.1, 0.15) is 0 Å². The van der Waals surface area contributed by atoms with Gasteiger partial charge in [-0.15, -0.1) is 0 Å². The third-order valence-electron chi connectivity index (χ3n) is 2.99. The molecule has 6 nitrogen and oxygen atoms in total. The van der Waals surface area contributed by atoms with Crippen molar-refractivity contribution in [3.05, 3.63) is 71.2 Å². The molecule has 0 unspecified atom stereocenters. The van der Waals surface area contributed by atoms with Gasteiger partial charge in [0, 0.05) is 11.1 Å². The second-order valence-electron chi connectivity index (χ2n) is 4.66. The number of nitrogens with zero attached hydrogens (tertiary/aromatic N) is 2. The summed E-state index contributed by atoms with van der Waals surface area (Å²) < 4.78 is 19.1. The van der Waals surface area contributed by atoms with Crippen molar-refractivity contribution < 1.29 is 19.0 Å². The van der Waals surface area contributed by atoms with Crippen LogP contribution in [-0.4, -0.2) is 26.5 Å². The van der Waals surface area contributed by atoms with Crippen molar-refractivity contribution in [3.63, 3.8) is 0 Å². The lowest BCUT2D eigenvalue weighted by Crippen LogP contribution is -2.00. The quantitative estimate of drug-likeness (QED) is 0.724. The molecule has 0 radical (unpaired) electrons. The fourth-order valence-corrected chi connectivity index (χ4v) is 1.86. The van der Waals surface area contributed by atoms with Gasteiger partial charge < -0.3 is 9.84 Å². The van der Waals surface area contributed by atoms with E-state index < -0.39 is 11.8 Å². The Morgan fingerprint density at radius 2 is 1.88 bits per heavy atom. The molecular weight excluding hydrogens is 313 g/mol. The van der Waals surface area contributed by atoms with Gasteiger partial charge in [0.2, 0.25) is 5.69 Å². The molecular formula is C17H10FN3O3. The number of benzene rings is 2. The van der Waals surface area contributed by atoms with Gasteiger partial charge in [-0.05, 0) is 30.3 Å². The number of carbonyl (C=O) groups is 1. The molecule has 0 bridgehead atoms. The first-order valence-electron chi connectivity index (χ1n) is 6.82. The number of hydrogen-bond acceptors (Lipinski definition) is 4. The highest BCUT2D eigenvalue weighted by molar-refractivity contribution is 5.87. The minimum absolute atomic E-state index is 0.189. The molecule has 2 N–H and O–H groups in total. The van der Waals surface area contributed by atoms with E-state index in [-0.39, 0.29) is 17.3 Å². The largest absolute Gasteiger partial charge is 0.476 e. The molecule has 118 valence electrons. The summed E-state index contributed by atoms with van der Waals surface area (Å²) in [4.78, 5) is 11.0. The SMILES string of the molecule is O=C(O)c1[nH]nnc1Oc1cc(C#Cc2ccccc2)ccc1F. The van der Waals surface area contributed by atoms with Gasteiger partial charge in [0.05, 0.1) is 0 Å². The van der Waals surface area contributed by atoms with Gasteiger partial charge in [-0.25, -0.2) is 14.3 Å². The van der Waals surface area contributed by atoms with Crippen molar-refractivity contribution in [1.82, 2.24) is 15.4 Å². The number of carboxylic acids is 1. The monoisotopic (exact) mass is 323 g/mol. The van der Waals surface area contributed by atoms with Crippen LogP contribution in [0.4, 0.5) is 4.39 Å². The van der Waals surface area contributed by atoms with Crippen molar-refractivity contribution in [1.29, 1.82) is 0 Å². The zero-order valence-electron chi connectivity index (χ0n) is 12.2. The van der Waals surface area contributed by atoms with Crippen molar-refractivity contribution in [2.45, 2.75) is 0 Å². The van der Waals surface area contributed by atoms with E-state index in [0.717, 1.165) is 5.56 Å². The predicted octanol–water partition coefficient (Wildman–Crippen LogP) is 2.83. The first-order valence-corrected chi connectivity index (χ1v) is 6.82. The van der Waals surface area contributed by atoms with Crippen LogP contribution in [0.2, 0.25) is 0 Å². The third-order valence-corrected chi connectivity index (χ3v) is 2.99. The number of carboxylic acid groups (broad SMARTS) is 1. The number of aromatic nitrogens is 3. The number of H-pyrrole nitrogens is 1. The van der Waals surface area contributed by atoms with Crippen LogP contribution in [0, 0.1) is 17.7 Å². The maximum Gasteiger partial charge on any atom is 0.359 e. The zero-order valence-corrected chi connectivity index (χ0v) is 12.2. The second kappa shape index (κ2) is 6.62. The maximum atomic E-state index is 13.9. The van der Waals surface area contributed by atoms with Crippen LogP contribution in [0.5, 0.6) is 11.6 Å². The minimum Gasteiger partial charge on any atom is -0.476 e. The number of aromatic amines is 1. The Labute approximate surface area is 135 Å². The van der Waals surface area contributed by atoms with Crippen LogP contribution >= 0.6 is 0 Å². The molecule has 0 aliphatic carbocycles. The molecule has 0 saturated heterocycles. The van der Waals surface area contributed by atoms with E-state index in [9.17, 15) is 9.18 Å². The predicted molar refractivity (Wildman–Crippen MR) is 82.2 cm³/mol. The summed E-state index contributed by atoms with van der Waals surface area (Å²) in [5, 5.41) is 18.0. The smallest absolute Gasteiger partial charge is 0.359 e. The summed E-state index contributed by atoms with van der Waals surface area (Å²) in [6, 6.07) is 13.4. The summed E-state index contributed by atoms with van der Waals surface area (Å²) in [5.74, 6) is 3.34. The number of aromatic carboxylic acids is 1. The minimum atomic E-state index is -1.31. The summed E-state index contributed by atoms with van der Waals surface area (Å²) in [6.45, 7) is 0. The molecule has 0 fully saturated rings. The first-order chi connectivity index (χ1) is 11.6. The molecule has 3 aromatic rings. The first kappa shape index (κ1) is 15.2. The van der Waals surface area contributed by atoms with Crippen LogP contribution in [0.25, 0.3) is 0 Å². The number of rotatable bonds is 3. The van der Waals surface area contributed by atoms with Crippen LogP contribution in [0.1, 0.15) is 21.6 Å². The van der Waals surface area contributed by atoms with Crippen LogP contribution in [0.3, 0.4) is 0 Å². The summed E-state index contributed by atoms with van der Waals surface area (Å²) in [6.07, 6.45) is 0. The Morgan fingerprint density at radius 3 is 2.62 bits per heavy atom. The van der Waals surface area contributed by atoms with Crippen molar-refractivity contribution in [2.75, 3.05) is 0 Å². The summed E-state index contributed by atoms with van der Waals surface area (Å²) in [7, 11) is 0. The number of nitrogens with one attached hydrogen (secondary N) is 1. The van der Waals surface area contributed by atoms with Gasteiger partial charge in [-0.3, -0.25) is 0 Å². The lowest BCUT2D eigenvalue weighted by atomic mass is 10.1. The zero-order chi connectivity index (χ0) is 16.9. The Balaban J connectivity index is 1.88. The van der Waals surface area contributed by atoms with Crippen molar-refractivity contribution in [2.24, 2.45) is 0 Å². The Kier molecular flexibility index (Phi) is 4.21. The molecule has 24 heavy (non-hydrogen) atoms. The molecule has 0 saturated carbocycles. The Morgan fingerprint density at radius 1 is 1.12 bits per heavy atom. The molecule has 0 amide bonds. The molecule has 1 heterocycles. The van der Waals surface area contributed by atoms with E-state index in [1.165, 1.54) is 18.2 Å². The van der Waals surface area contributed by atoms with E-state index in [1.54, 1.807) is 0 Å². The summed E-state index contributed by atoms with van der Waals surface area (Å²) in [5.41, 5.74) is 0.958. The summed E-state index contributed by atoms with van der Waals surface area (Å²) >= 11 is 0. The molecule has 3 rings (SSSR count). The standard InChI is InChI=1S/C17H10FN3O3/c18-13-9-8-12(7-6-11-4-2-1-3-5-11)10-14(13)24-16-15(17(22)23)19-21-20-16/h1-5,8-10H,(H,22,23)(H,19,20,21). The van der Waals surface area contributed by atoms with E-state index in [1.807, 2.05) is 30.3 Å². The van der Waals surface area contributed by atoms with E-state index in [2.05, 4.69) is 27.3 Å². The van der Waals surface area contributed by atoms with E-state index in [0.29, 0.717) is 5.56 Å². The van der Waals surface area contributed by atoms with Crippen LogP contribution < -0.4 is 4.74 Å². The van der Waals surface area contributed by atoms with Crippen molar-refractivity contribution in [3.8, 4) is 23.5 Å². The average Bonchev–Trinajstić information content (AvgIpc) is 3.05. The number of halogens is 1. The van der Waals surface area contributed by atoms with Gasteiger partial charge in [0.25, 0.3) is 5.88 Å². The fraction of sp³-hybridized carbons (Fsp3) is 0. The van der Waals surface area contributed by atoms with Crippen molar-refractivity contribution >= 4 is 5.97 Å². The topological polar surface area (TPSA) is 88.1 Å². The van der Waals surface area contributed by atoms with Gasteiger partial charge in [0.15, 0.2) is 11.6 Å². The third kappa shape index (κ3) is 3.39. The lowest BCUT2D eigenvalue weighted by molar-refractivity contribution is 0.0687. The number of hydrogen-bond donors (Lipinski definition) is 2. The van der Waals surface area contributed by atoms with Crippen LogP contribution in [0.15, 0.2) is 48.5 Å². The molecule has 2 aromatic carbocycles. The molecule has 0 spiro atoms. The van der Waals surface area contributed by atoms with E-state index in [4.69, 9.17) is 9.84 Å². The van der Waals surface area contributed by atoms with Gasteiger partial charge in [-0.2, -0.15) is 0 Å². The fourth-order valence-electron chi connectivity index (χ4n) is 1.86. The molecule has 0 aliphatic heterocycles. The molecule has 0 atom stereocenters. The number of ether oxygens (including phenoxy) is 1. The highest BCUT2D eigenvalue weighted by atomic mass is 19.1. The van der Waals surface area contributed by atoms with E-state index >= 15 is 0 Å². The lowest BCUT2D eigenvalue weighted by Gasteiger charge is -2.04. The second-order valence-corrected chi connectivity index (χ2v) is 4.66.